The third-order valence-corrected chi connectivity index (χ3v) is 2.55. The Balaban J connectivity index is 2.32. The van der Waals surface area contributed by atoms with E-state index < -0.39 is 0 Å². The van der Waals surface area contributed by atoms with Crippen LogP contribution in [0.1, 0.15) is 19.8 Å². The molecule has 0 saturated carbocycles. The second-order valence-electron chi connectivity index (χ2n) is 3.18. The van der Waals surface area contributed by atoms with Gasteiger partial charge in [0.05, 0.1) is 4.47 Å². The molecule has 0 aromatic carbocycles. The standard InChI is InChI=1S/C11H15BrN2O2/c1-2-16-8-4-6-10(15)14-11-9(12)5-3-7-13-11/h3,5,7H,2,4,6,8H2,1H3,(H,13,14,15). The first-order chi connectivity index (χ1) is 7.74. The van der Waals surface area contributed by atoms with Gasteiger partial charge in [-0.25, -0.2) is 4.98 Å². The van der Waals surface area contributed by atoms with Crippen LogP contribution in [-0.4, -0.2) is 24.1 Å². The molecule has 0 aliphatic rings. The minimum Gasteiger partial charge on any atom is -0.382 e. The second kappa shape index (κ2) is 7.35. The van der Waals surface area contributed by atoms with Crippen LogP contribution in [0.25, 0.3) is 0 Å². The van der Waals surface area contributed by atoms with Crippen molar-refractivity contribution in [1.29, 1.82) is 0 Å². The lowest BCUT2D eigenvalue weighted by atomic mass is 10.3. The Kier molecular flexibility index (Phi) is 6.03. The molecule has 0 fully saturated rings. The number of hydrogen-bond donors (Lipinski definition) is 1. The number of anilines is 1. The summed E-state index contributed by atoms with van der Waals surface area (Å²) in [6.07, 6.45) is 2.81. The van der Waals surface area contributed by atoms with E-state index in [0.717, 1.165) is 10.9 Å². The summed E-state index contributed by atoms with van der Waals surface area (Å²) in [6.45, 7) is 3.24. The molecule has 0 spiro atoms. The fourth-order valence-electron chi connectivity index (χ4n) is 1.15. The highest BCUT2D eigenvalue weighted by atomic mass is 79.9. The van der Waals surface area contributed by atoms with Gasteiger partial charge in [-0.1, -0.05) is 0 Å². The first-order valence-corrected chi connectivity index (χ1v) is 6.01. The van der Waals surface area contributed by atoms with Gasteiger partial charge in [0.25, 0.3) is 0 Å². The Morgan fingerprint density at radius 2 is 2.44 bits per heavy atom. The summed E-state index contributed by atoms with van der Waals surface area (Å²) in [7, 11) is 0. The second-order valence-corrected chi connectivity index (χ2v) is 4.04. The molecule has 1 heterocycles. The molecule has 0 radical (unpaired) electrons. The third-order valence-electron chi connectivity index (χ3n) is 1.91. The molecule has 5 heteroatoms. The first-order valence-electron chi connectivity index (χ1n) is 5.22. The van der Waals surface area contributed by atoms with E-state index in [1.54, 1.807) is 12.3 Å². The zero-order chi connectivity index (χ0) is 11.8. The van der Waals surface area contributed by atoms with Gasteiger partial charge in [-0.15, -0.1) is 0 Å². The molecule has 1 aromatic rings. The molecule has 0 unspecified atom stereocenters. The topological polar surface area (TPSA) is 51.2 Å². The Morgan fingerprint density at radius 1 is 1.62 bits per heavy atom. The minimum absolute atomic E-state index is 0.0425. The van der Waals surface area contributed by atoms with E-state index in [2.05, 4.69) is 26.2 Å². The Labute approximate surface area is 104 Å². The number of nitrogens with one attached hydrogen (secondary N) is 1. The van der Waals surface area contributed by atoms with Crippen molar-refractivity contribution in [2.24, 2.45) is 0 Å². The molecule has 0 saturated heterocycles. The molecule has 1 amide bonds. The lowest BCUT2D eigenvalue weighted by molar-refractivity contribution is -0.116. The van der Waals surface area contributed by atoms with Crippen molar-refractivity contribution in [2.45, 2.75) is 19.8 Å². The van der Waals surface area contributed by atoms with Crippen molar-refractivity contribution in [2.75, 3.05) is 18.5 Å². The number of amides is 1. The van der Waals surface area contributed by atoms with Gasteiger partial charge in [0.2, 0.25) is 5.91 Å². The quantitative estimate of drug-likeness (QED) is 0.818. The highest BCUT2D eigenvalue weighted by Gasteiger charge is 2.05. The average molecular weight is 287 g/mol. The smallest absolute Gasteiger partial charge is 0.225 e. The lowest BCUT2D eigenvalue weighted by Gasteiger charge is -2.05. The summed E-state index contributed by atoms with van der Waals surface area (Å²) in [4.78, 5) is 15.6. The predicted molar refractivity (Wildman–Crippen MR) is 66.3 cm³/mol. The highest BCUT2D eigenvalue weighted by Crippen LogP contribution is 2.18. The van der Waals surface area contributed by atoms with Gasteiger partial charge in [0.1, 0.15) is 5.82 Å². The molecule has 0 aliphatic carbocycles. The summed E-state index contributed by atoms with van der Waals surface area (Å²) in [5.41, 5.74) is 0. The van der Waals surface area contributed by atoms with Crippen molar-refractivity contribution in [1.82, 2.24) is 4.98 Å². The number of halogens is 1. The monoisotopic (exact) mass is 286 g/mol. The zero-order valence-electron chi connectivity index (χ0n) is 9.20. The Hall–Kier alpha value is -0.940. The number of nitrogens with zero attached hydrogens (tertiary/aromatic N) is 1. The van der Waals surface area contributed by atoms with Crippen molar-refractivity contribution >= 4 is 27.7 Å². The van der Waals surface area contributed by atoms with Crippen LogP contribution < -0.4 is 5.32 Å². The number of rotatable bonds is 6. The third kappa shape index (κ3) is 4.72. The summed E-state index contributed by atoms with van der Waals surface area (Å²) < 4.78 is 5.94. The van der Waals surface area contributed by atoms with Crippen molar-refractivity contribution in [3.8, 4) is 0 Å². The Bertz CT molecular complexity index is 345. The van der Waals surface area contributed by atoms with Crippen LogP contribution >= 0.6 is 15.9 Å². The van der Waals surface area contributed by atoms with Crippen molar-refractivity contribution in [3.63, 3.8) is 0 Å². The van der Waals surface area contributed by atoms with Gasteiger partial charge in [-0.3, -0.25) is 4.79 Å². The molecule has 0 bridgehead atoms. The van der Waals surface area contributed by atoms with Crippen LogP contribution in [0.3, 0.4) is 0 Å². The van der Waals surface area contributed by atoms with E-state index in [9.17, 15) is 4.79 Å². The van der Waals surface area contributed by atoms with Gasteiger partial charge in [0.15, 0.2) is 0 Å². The number of carbonyl (C=O) groups excluding carboxylic acids is 1. The fraction of sp³-hybridized carbons (Fsp3) is 0.455. The molecule has 0 aliphatic heterocycles. The summed E-state index contributed by atoms with van der Waals surface area (Å²) >= 11 is 3.32. The van der Waals surface area contributed by atoms with Crippen LogP contribution in [0.5, 0.6) is 0 Å². The SMILES string of the molecule is CCOCCCC(=O)Nc1ncccc1Br. The largest absolute Gasteiger partial charge is 0.382 e. The van der Waals surface area contributed by atoms with Gasteiger partial charge in [-0.2, -0.15) is 0 Å². The molecule has 0 atom stereocenters. The molecule has 1 aromatic heterocycles. The lowest BCUT2D eigenvalue weighted by Crippen LogP contribution is -2.13. The first kappa shape index (κ1) is 13.1. The van der Waals surface area contributed by atoms with Crippen molar-refractivity contribution in [3.05, 3.63) is 22.8 Å². The van der Waals surface area contributed by atoms with E-state index in [1.807, 2.05) is 13.0 Å². The van der Waals surface area contributed by atoms with Gasteiger partial charge in [-0.05, 0) is 41.4 Å². The highest BCUT2D eigenvalue weighted by molar-refractivity contribution is 9.10. The molecule has 1 rings (SSSR count). The maximum absolute atomic E-state index is 11.5. The van der Waals surface area contributed by atoms with E-state index >= 15 is 0 Å². The zero-order valence-corrected chi connectivity index (χ0v) is 10.8. The molecule has 1 N–H and O–H groups in total. The molecule has 4 nitrogen and oxygen atoms in total. The van der Waals surface area contributed by atoms with Crippen LogP contribution in [0, 0.1) is 0 Å². The number of aromatic nitrogens is 1. The Morgan fingerprint density at radius 3 is 3.12 bits per heavy atom. The van der Waals surface area contributed by atoms with Gasteiger partial charge in [0, 0.05) is 25.8 Å². The van der Waals surface area contributed by atoms with E-state index in [1.165, 1.54) is 0 Å². The maximum atomic E-state index is 11.5. The van der Waals surface area contributed by atoms with E-state index in [0.29, 0.717) is 25.5 Å². The molecule has 16 heavy (non-hydrogen) atoms. The number of pyridine rings is 1. The molecular formula is C11H15BrN2O2. The summed E-state index contributed by atoms with van der Waals surface area (Å²) in [5.74, 6) is 0.517. The van der Waals surface area contributed by atoms with Crippen LogP contribution in [0.15, 0.2) is 22.8 Å². The van der Waals surface area contributed by atoms with Gasteiger partial charge < -0.3 is 10.1 Å². The normalized spacial score (nSPS) is 10.1. The predicted octanol–water partition coefficient (Wildman–Crippen LogP) is 2.60. The van der Waals surface area contributed by atoms with Crippen LogP contribution in [0.4, 0.5) is 5.82 Å². The molecular weight excluding hydrogens is 272 g/mol. The average Bonchev–Trinajstić information content (AvgIpc) is 2.28. The van der Waals surface area contributed by atoms with Gasteiger partial charge >= 0.3 is 0 Å². The van der Waals surface area contributed by atoms with Crippen LogP contribution in [0.2, 0.25) is 0 Å². The van der Waals surface area contributed by atoms with Crippen LogP contribution in [-0.2, 0) is 9.53 Å². The summed E-state index contributed by atoms with van der Waals surface area (Å²) in [5, 5.41) is 2.73. The van der Waals surface area contributed by atoms with E-state index in [-0.39, 0.29) is 5.91 Å². The number of hydrogen-bond acceptors (Lipinski definition) is 3. The minimum atomic E-state index is -0.0425. The van der Waals surface area contributed by atoms with E-state index in [4.69, 9.17) is 4.74 Å². The van der Waals surface area contributed by atoms with Crippen molar-refractivity contribution < 1.29 is 9.53 Å². The fourth-order valence-corrected chi connectivity index (χ4v) is 1.51. The maximum Gasteiger partial charge on any atom is 0.225 e. The number of ether oxygens (including phenoxy) is 1. The number of carbonyl (C=O) groups is 1. The summed E-state index contributed by atoms with van der Waals surface area (Å²) in [6, 6.07) is 3.64. The molecule has 88 valence electrons.